The molecule has 2 aromatic rings. The van der Waals surface area contributed by atoms with E-state index in [0.717, 1.165) is 28.4 Å². The number of methoxy groups -OCH3 is 1. The fourth-order valence-electron chi connectivity index (χ4n) is 1.79. The number of carbonyl (C=O) groups is 2. The van der Waals surface area contributed by atoms with Gasteiger partial charge in [-0.15, -0.1) is 0 Å². The summed E-state index contributed by atoms with van der Waals surface area (Å²) >= 11 is 1.08. The van der Waals surface area contributed by atoms with Gasteiger partial charge in [-0.05, 0) is 24.6 Å². The van der Waals surface area contributed by atoms with E-state index in [2.05, 4.69) is 9.72 Å². The topological polar surface area (TPSA) is 81.4 Å². The van der Waals surface area contributed by atoms with Gasteiger partial charge in [0.15, 0.2) is 5.16 Å². The Morgan fingerprint density at radius 2 is 2.20 bits per heavy atom. The van der Waals surface area contributed by atoms with Crippen LogP contribution in [0.5, 0.6) is 0 Å². The molecule has 106 valence electrons. The zero-order valence-corrected chi connectivity index (χ0v) is 11.9. The average molecular weight is 294 g/mol. The summed E-state index contributed by atoms with van der Waals surface area (Å²) in [6.07, 6.45) is 0. The number of carboxylic acid groups (broad SMARTS) is 1. The summed E-state index contributed by atoms with van der Waals surface area (Å²) in [4.78, 5) is 26.6. The minimum Gasteiger partial charge on any atom is -0.481 e. The van der Waals surface area contributed by atoms with Gasteiger partial charge in [-0.25, -0.2) is 4.98 Å². The maximum atomic E-state index is 11.5. The number of carboxylic acids is 1. The molecule has 2 rings (SSSR count). The highest BCUT2D eigenvalue weighted by Crippen LogP contribution is 2.25. The zero-order chi connectivity index (χ0) is 14.7. The molecule has 0 aliphatic heterocycles. The molecule has 1 aromatic heterocycles. The third-order valence-electron chi connectivity index (χ3n) is 2.71. The Morgan fingerprint density at radius 3 is 2.85 bits per heavy atom. The van der Waals surface area contributed by atoms with Gasteiger partial charge in [-0.1, -0.05) is 17.8 Å². The average Bonchev–Trinajstić information content (AvgIpc) is 2.74. The van der Waals surface area contributed by atoms with Crippen LogP contribution < -0.4 is 0 Å². The van der Waals surface area contributed by atoms with Crippen molar-refractivity contribution in [2.45, 2.75) is 18.6 Å². The number of hydrogen-bond donors (Lipinski definition) is 1. The SMILES string of the molecule is COC(=O)Cn1c(SCC(=O)O)nc2ccc(C)cc21. The highest BCUT2D eigenvalue weighted by molar-refractivity contribution is 7.99. The maximum absolute atomic E-state index is 11.5. The van der Waals surface area contributed by atoms with Crippen molar-refractivity contribution in [3.63, 3.8) is 0 Å². The van der Waals surface area contributed by atoms with Crippen LogP contribution in [0.25, 0.3) is 11.0 Å². The van der Waals surface area contributed by atoms with Crippen LogP contribution in [0.4, 0.5) is 0 Å². The standard InChI is InChI=1S/C13H14N2O4S/c1-8-3-4-9-10(5-8)15(6-12(18)19-2)13(14-9)20-7-11(16)17/h3-5H,6-7H2,1-2H3,(H,16,17). The molecule has 0 atom stereocenters. The lowest BCUT2D eigenvalue weighted by atomic mass is 10.2. The van der Waals surface area contributed by atoms with E-state index < -0.39 is 11.9 Å². The Bertz CT molecular complexity index is 666. The summed E-state index contributed by atoms with van der Waals surface area (Å²) in [5.41, 5.74) is 2.56. The number of aryl methyl sites for hydroxylation is 1. The van der Waals surface area contributed by atoms with Gasteiger partial charge in [0.05, 0.1) is 23.9 Å². The van der Waals surface area contributed by atoms with Crippen LogP contribution in [0, 0.1) is 6.92 Å². The first kappa shape index (κ1) is 14.4. The van der Waals surface area contributed by atoms with E-state index in [1.807, 2.05) is 25.1 Å². The molecule has 0 aliphatic rings. The fourth-order valence-corrected chi connectivity index (χ4v) is 2.53. The normalized spacial score (nSPS) is 10.7. The van der Waals surface area contributed by atoms with Gasteiger partial charge in [0, 0.05) is 0 Å². The predicted molar refractivity (Wildman–Crippen MR) is 74.8 cm³/mol. The number of aromatic nitrogens is 2. The van der Waals surface area contributed by atoms with Crippen molar-refractivity contribution in [1.82, 2.24) is 9.55 Å². The first-order valence-electron chi connectivity index (χ1n) is 5.89. The Labute approximate surface area is 119 Å². The lowest BCUT2D eigenvalue weighted by Gasteiger charge is -2.06. The molecule has 6 nitrogen and oxygen atoms in total. The molecular weight excluding hydrogens is 280 g/mol. The quantitative estimate of drug-likeness (QED) is 0.667. The van der Waals surface area contributed by atoms with Crippen molar-refractivity contribution in [2.75, 3.05) is 12.9 Å². The van der Waals surface area contributed by atoms with E-state index in [9.17, 15) is 9.59 Å². The number of aliphatic carboxylic acids is 1. The molecule has 0 saturated carbocycles. The van der Waals surface area contributed by atoms with Crippen molar-refractivity contribution in [1.29, 1.82) is 0 Å². The number of hydrogen-bond acceptors (Lipinski definition) is 5. The number of thioether (sulfide) groups is 1. The molecule has 0 saturated heterocycles. The second kappa shape index (κ2) is 5.96. The van der Waals surface area contributed by atoms with E-state index in [4.69, 9.17) is 5.11 Å². The van der Waals surface area contributed by atoms with Gasteiger partial charge in [-0.3, -0.25) is 9.59 Å². The third kappa shape index (κ3) is 3.11. The monoisotopic (exact) mass is 294 g/mol. The lowest BCUT2D eigenvalue weighted by Crippen LogP contribution is -2.13. The second-order valence-electron chi connectivity index (χ2n) is 4.23. The van der Waals surface area contributed by atoms with Gasteiger partial charge < -0.3 is 14.4 Å². The van der Waals surface area contributed by atoms with Crippen molar-refractivity contribution in [3.05, 3.63) is 23.8 Å². The predicted octanol–water partition coefficient (Wildman–Crippen LogP) is 1.69. The summed E-state index contributed by atoms with van der Waals surface area (Å²) in [6, 6.07) is 5.68. The van der Waals surface area contributed by atoms with Crippen LogP contribution in [-0.2, 0) is 20.9 Å². The van der Waals surface area contributed by atoms with Gasteiger partial charge in [-0.2, -0.15) is 0 Å². The Hall–Kier alpha value is -2.02. The number of fused-ring (bicyclic) bond motifs is 1. The molecule has 0 aliphatic carbocycles. The van der Waals surface area contributed by atoms with Crippen LogP contribution in [0.1, 0.15) is 5.56 Å². The van der Waals surface area contributed by atoms with Gasteiger partial charge in [0.25, 0.3) is 0 Å². The first-order valence-corrected chi connectivity index (χ1v) is 6.88. The second-order valence-corrected chi connectivity index (χ2v) is 5.17. The van der Waals surface area contributed by atoms with Crippen molar-refractivity contribution in [2.24, 2.45) is 0 Å². The minimum absolute atomic E-state index is 0.0123. The van der Waals surface area contributed by atoms with Crippen LogP contribution in [0.3, 0.4) is 0 Å². The molecule has 1 aromatic carbocycles. The number of benzene rings is 1. The molecule has 0 amide bonds. The third-order valence-corrected chi connectivity index (χ3v) is 3.67. The summed E-state index contributed by atoms with van der Waals surface area (Å²) in [7, 11) is 1.32. The summed E-state index contributed by atoms with van der Waals surface area (Å²) in [6.45, 7) is 1.96. The molecule has 1 N–H and O–H groups in total. The van der Waals surface area contributed by atoms with Crippen LogP contribution in [-0.4, -0.2) is 39.5 Å². The molecule has 0 bridgehead atoms. The lowest BCUT2D eigenvalue weighted by molar-refractivity contribution is -0.141. The molecular formula is C13H14N2O4S. The molecule has 7 heteroatoms. The summed E-state index contributed by atoms with van der Waals surface area (Å²) in [5.74, 6) is -1.44. The van der Waals surface area contributed by atoms with Gasteiger partial charge >= 0.3 is 11.9 Å². The first-order chi connectivity index (χ1) is 9.51. The number of ether oxygens (including phenoxy) is 1. The van der Waals surface area contributed by atoms with Crippen molar-refractivity contribution < 1.29 is 19.4 Å². The van der Waals surface area contributed by atoms with Gasteiger partial charge in [0.2, 0.25) is 0 Å². The molecule has 1 heterocycles. The molecule has 0 unspecified atom stereocenters. The largest absolute Gasteiger partial charge is 0.481 e. The summed E-state index contributed by atoms with van der Waals surface area (Å²) in [5, 5.41) is 9.26. The molecule has 0 radical (unpaired) electrons. The van der Waals surface area contributed by atoms with E-state index in [1.165, 1.54) is 7.11 Å². The van der Waals surface area contributed by atoms with E-state index in [0.29, 0.717) is 5.16 Å². The highest BCUT2D eigenvalue weighted by Gasteiger charge is 2.15. The Balaban J connectivity index is 2.45. The minimum atomic E-state index is -0.928. The van der Waals surface area contributed by atoms with Crippen LogP contribution >= 0.6 is 11.8 Å². The van der Waals surface area contributed by atoms with Crippen LogP contribution in [0.2, 0.25) is 0 Å². The van der Waals surface area contributed by atoms with Gasteiger partial charge in [0.1, 0.15) is 6.54 Å². The van der Waals surface area contributed by atoms with Crippen molar-refractivity contribution in [3.8, 4) is 0 Å². The van der Waals surface area contributed by atoms with E-state index >= 15 is 0 Å². The maximum Gasteiger partial charge on any atom is 0.325 e. The van der Waals surface area contributed by atoms with Crippen molar-refractivity contribution >= 4 is 34.7 Å². The zero-order valence-electron chi connectivity index (χ0n) is 11.1. The molecule has 20 heavy (non-hydrogen) atoms. The number of carbonyl (C=O) groups excluding carboxylic acids is 1. The number of rotatable bonds is 5. The molecule has 0 spiro atoms. The number of esters is 1. The highest BCUT2D eigenvalue weighted by atomic mass is 32.2. The van der Waals surface area contributed by atoms with E-state index in [1.54, 1.807) is 4.57 Å². The smallest absolute Gasteiger partial charge is 0.325 e. The number of nitrogens with zero attached hydrogens (tertiary/aromatic N) is 2. The molecule has 0 fully saturated rings. The Morgan fingerprint density at radius 1 is 1.45 bits per heavy atom. The number of imidazole rings is 1. The van der Waals surface area contributed by atoms with E-state index in [-0.39, 0.29) is 12.3 Å². The fraction of sp³-hybridized carbons (Fsp3) is 0.308. The van der Waals surface area contributed by atoms with Crippen LogP contribution in [0.15, 0.2) is 23.4 Å². The summed E-state index contributed by atoms with van der Waals surface area (Å²) < 4.78 is 6.35. The Kier molecular flexibility index (Phi) is 4.29.